The number of benzene rings is 1. The maximum absolute atomic E-state index is 12.1. The fraction of sp³-hybridized carbons (Fsp3) is 0.261. The van der Waals surface area contributed by atoms with E-state index in [4.69, 9.17) is 9.90 Å². The fourth-order valence-corrected chi connectivity index (χ4v) is 3.59. The van der Waals surface area contributed by atoms with Gasteiger partial charge in [-0.15, -0.1) is 0 Å². The SMILES string of the molecule is O=C(NCCCn1nc2c(c1C(=O)O)CCc1cnccc1-2)c1ccccc1.O=C(O)C(F)(F)F. The lowest BCUT2D eigenvalue weighted by molar-refractivity contribution is -0.192. The second kappa shape index (κ2) is 10.8. The van der Waals surface area contributed by atoms with E-state index in [0.717, 1.165) is 28.8 Å². The van der Waals surface area contributed by atoms with Crippen LogP contribution in [0.4, 0.5) is 13.2 Å². The molecule has 0 spiro atoms. The molecule has 0 saturated carbocycles. The van der Waals surface area contributed by atoms with Gasteiger partial charge in [-0.05, 0) is 43.0 Å². The minimum atomic E-state index is -5.08. The van der Waals surface area contributed by atoms with Gasteiger partial charge in [0, 0.05) is 42.2 Å². The number of carbonyl (C=O) groups excluding carboxylic acids is 1. The number of nitrogens with one attached hydrogen (secondary N) is 1. The van der Waals surface area contributed by atoms with Gasteiger partial charge in [-0.25, -0.2) is 9.59 Å². The zero-order valence-corrected chi connectivity index (χ0v) is 18.2. The van der Waals surface area contributed by atoms with Gasteiger partial charge in [-0.2, -0.15) is 18.3 Å². The first-order valence-electron chi connectivity index (χ1n) is 10.5. The summed E-state index contributed by atoms with van der Waals surface area (Å²) in [7, 11) is 0. The molecular weight excluding hydrogens is 469 g/mol. The topological polar surface area (TPSA) is 134 Å². The Kier molecular flexibility index (Phi) is 7.84. The van der Waals surface area contributed by atoms with Crippen LogP contribution < -0.4 is 5.32 Å². The molecule has 4 rings (SSSR count). The Hall–Kier alpha value is -4.22. The lowest BCUT2D eigenvalue weighted by Crippen LogP contribution is -2.25. The Labute approximate surface area is 197 Å². The summed E-state index contributed by atoms with van der Waals surface area (Å²) in [5.41, 5.74) is 4.40. The molecule has 35 heavy (non-hydrogen) atoms. The first-order valence-corrected chi connectivity index (χ1v) is 10.5. The zero-order valence-electron chi connectivity index (χ0n) is 18.2. The number of carbonyl (C=O) groups is 3. The van der Waals surface area contributed by atoms with Crippen molar-refractivity contribution in [3.63, 3.8) is 0 Å². The highest BCUT2D eigenvalue weighted by Crippen LogP contribution is 2.34. The Morgan fingerprint density at radius 1 is 1.06 bits per heavy atom. The maximum atomic E-state index is 12.1. The Bertz CT molecular complexity index is 1230. The largest absolute Gasteiger partial charge is 0.490 e. The van der Waals surface area contributed by atoms with Gasteiger partial charge >= 0.3 is 18.1 Å². The third-order valence-electron chi connectivity index (χ3n) is 5.17. The van der Waals surface area contributed by atoms with Crippen molar-refractivity contribution in [3.8, 4) is 11.3 Å². The molecule has 9 nitrogen and oxygen atoms in total. The highest BCUT2D eigenvalue weighted by molar-refractivity contribution is 5.94. The summed E-state index contributed by atoms with van der Waals surface area (Å²) >= 11 is 0. The van der Waals surface area contributed by atoms with E-state index in [-0.39, 0.29) is 11.6 Å². The predicted octanol–water partition coefficient (Wildman–Crippen LogP) is 3.20. The van der Waals surface area contributed by atoms with Crippen molar-refractivity contribution in [1.29, 1.82) is 0 Å². The minimum Gasteiger partial charge on any atom is -0.477 e. The van der Waals surface area contributed by atoms with Crippen molar-refractivity contribution >= 4 is 17.8 Å². The quantitative estimate of drug-likeness (QED) is 0.452. The standard InChI is InChI=1S/C21H20N4O3.C2HF3O2/c26-20(14-5-2-1-3-6-14)23-10-4-12-25-19(21(27)28)17-8-7-15-13-22-11-9-16(15)18(17)24-25;3-2(4,5)1(6)7/h1-3,5-6,9,11,13H,4,7-8,10,12H2,(H,23,26)(H,27,28);(H,6,7). The molecule has 1 aliphatic carbocycles. The van der Waals surface area contributed by atoms with Crippen molar-refractivity contribution in [3.05, 3.63) is 71.2 Å². The number of rotatable bonds is 6. The summed E-state index contributed by atoms with van der Waals surface area (Å²) in [6.45, 7) is 0.863. The van der Waals surface area contributed by atoms with Crippen LogP contribution in [-0.4, -0.2) is 55.5 Å². The number of pyridine rings is 1. The molecule has 3 aromatic rings. The number of amides is 1. The third kappa shape index (κ3) is 6.22. The van der Waals surface area contributed by atoms with Gasteiger partial charge in [0.15, 0.2) is 0 Å². The molecule has 0 aliphatic heterocycles. The lowest BCUT2D eigenvalue weighted by Gasteiger charge is -2.14. The molecule has 12 heteroatoms. The van der Waals surface area contributed by atoms with E-state index in [0.29, 0.717) is 31.5 Å². The number of aromatic nitrogens is 3. The summed E-state index contributed by atoms with van der Waals surface area (Å²) < 4.78 is 33.3. The number of carboxylic acid groups (broad SMARTS) is 2. The molecule has 1 aromatic carbocycles. The molecule has 0 fully saturated rings. The molecule has 1 aliphatic rings. The summed E-state index contributed by atoms with van der Waals surface area (Å²) in [5.74, 6) is -3.87. The average molecular weight is 490 g/mol. The van der Waals surface area contributed by atoms with E-state index in [1.165, 1.54) is 0 Å². The van der Waals surface area contributed by atoms with E-state index in [2.05, 4.69) is 15.4 Å². The first kappa shape index (κ1) is 25.4. The van der Waals surface area contributed by atoms with Crippen molar-refractivity contribution in [2.75, 3.05) is 6.54 Å². The van der Waals surface area contributed by atoms with Gasteiger partial charge in [0.05, 0.1) is 5.69 Å². The van der Waals surface area contributed by atoms with Crippen LogP contribution >= 0.6 is 0 Å². The Morgan fingerprint density at radius 2 is 1.74 bits per heavy atom. The summed E-state index contributed by atoms with van der Waals surface area (Å²) in [4.78, 5) is 37.0. The van der Waals surface area contributed by atoms with Crippen LogP contribution in [0.25, 0.3) is 11.3 Å². The summed E-state index contributed by atoms with van der Waals surface area (Å²) in [6.07, 6.45) is 0.418. The monoisotopic (exact) mass is 490 g/mol. The van der Waals surface area contributed by atoms with Gasteiger partial charge in [0.25, 0.3) is 5.91 Å². The average Bonchev–Trinajstić information content (AvgIpc) is 3.21. The molecule has 0 bridgehead atoms. The number of aliphatic carboxylic acids is 1. The van der Waals surface area contributed by atoms with Gasteiger partial charge in [-0.1, -0.05) is 18.2 Å². The molecule has 0 unspecified atom stereocenters. The highest BCUT2D eigenvalue weighted by Gasteiger charge is 2.38. The van der Waals surface area contributed by atoms with Crippen molar-refractivity contribution in [2.24, 2.45) is 0 Å². The van der Waals surface area contributed by atoms with E-state index < -0.39 is 18.1 Å². The van der Waals surface area contributed by atoms with Crippen molar-refractivity contribution < 1.29 is 37.8 Å². The van der Waals surface area contributed by atoms with Crippen LogP contribution in [0.2, 0.25) is 0 Å². The third-order valence-corrected chi connectivity index (χ3v) is 5.17. The van der Waals surface area contributed by atoms with E-state index >= 15 is 0 Å². The number of hydrogen-bond donors (Lipinski definition) is 3. The smallest absolute Gasteiger partial charge is 0.477 e. The number of nitrogens with zero attached hydrogens (tertiary/aromatic N) is 3. The molecule has 2 heterocycles. The lowest BCUT2D eigenvalue weighted by atomic mass is 9.90. The van der Waals surface area contributed by atoms with Crippen LogP contribution in [0.3, 0.4) is 0 Å². The number of carboxylic acids is 2. The second-order valence-electron chi connectivity index (χ2n) is 7.52. The van der Waals surface area contributed by atoms with Gasteiger partial charge in [0.2, 0.25) is 0 Å². The summed E-state index contributed by atoms with van der Waals surface area (Å²) in [6, 6.07) is 10.9. The molecule has 0 saturated heterocycles. The fourth-order valence-electron chi connectivity index (χ4n) is 3.59. The normalized spacial score (nSPS) is 12.0. The first-order chi connectivity index (χ1) is 16.6. The number of aryl methyl sites for hydroxylation is 2. The molecule has 0 atom stereocenters. The second-order valence-corrected chi connectivity index (χ2v) is 7.52. The molecule has 3 N–H and O–H groups in total. The number of alkyl halides is 3. The molecular formula is C23H21F3N4O5. The van der Waals surface area contributed by atoms with Crippen LogP contribution in [0.15, 0.2) is 48.8 Å². The van der Waals surface area contributed by atoms with E-state index in [1.807, 2.05) is 30.5 Å². The molecule has 184 valence electrons. The molecule has 2 aromatic heterocycles. The van der Waals surface area contributed by atoms with Crippen LogP contribution in [0, 0.1) is 0 Å². The van der Waals surface area contributed by atoms with E-state index in [9.17, 15) is 27.9 Å². The Morgan fingerprint density at radius 3 is 2.37 bits per heavy atom. The highest BCUT2D eigenvalue weighted by atomic mass is 19.4. The number of hydrogen-bond acceptors (Lipinski definition) is 5. The Balaban J connectivity index is 0.000000429. The van der Waals surface area contributed by atoms with Crippen molar-refractivity contribution in [2.45, 2.75) is 32.0 Å². The van der Waals surface area contributed by atoms with Crippen LogP contribution in [0.1, 0.15) is 38.4 Å². The van der Waals surface area contributed by atoms with Gasteiger partial charge < -0.3 is 15.5 Å². The van der Waals surface area contributed by atoms with Crippen LogP contribution in [0.5, 0.6) is 0 Å². The molecule has 0 radical (unpaired) electrons. The van der Waals surface area contributed by atoms with Crippen LogP contribution in [-0.2, 0) is 24.2 Å². The van der Waals surface area contributed by atoms with Gasteiger partial charge in [0.1, 0.15) is 5.69 Å². The predicted molar refractivity (Wildman–Crippen MR) is 117 cm³/mol. The molecule has 1 amide bonds. The minimum absolute atomic E-state index is 0.139. The number of fused-ring (bicyclic) bond motifs is 3. The maximum Gasteiger partial charge on any atom is 0.490 e. The summed E-state index contributed by atoms with van der Waals surface area (Å²) in [5, 5.41) is 24.3. The van der Waals surface area contributed by atoms with E-state index in [1.54, 1.807) is 23.0 Å². The number of halogens is 3. The number of aromatic carboxylic acids is 1. The van der Waals surface area contributed by atoms with Gasteiger partial charge in [-0.3, -0.25) is 14.5 Å². The zero-order chi connectivity index (χ0) is 25.6. The van der Waals surface area contributed by atoms with Crippen molar-refractivity contribution in [1.82, 2.24) is 20.1 Å².